The number of carbonyl (C=O) groups is 1. The van der Waals surface area contributed by atoms with Gasteiger partial charge in [-0.25, -0.2) is 0 Å². The fourth-order valence-electron chi connectivity index (χ4n) is 1.02. The number of carboxylic acid groups (broad SMARTS) is 1. The van der Waals surface area contributed by atoms with E-state index in [1.54, 1.807) is 17.8 Å². The van der Waals surface area contributed by atoms with Crippen LogP contribution in [0.5, 0.6) is 0 Å². The van der Waals surface area contributed by atoms with Crippen LogP contribution in [-0.4, -0.2) is 20.9 Å². The van der Waals surface area contributed by atoms with E-state index >= 15 is 0 Å². The van der Waals surface area contributed by atoms with Gasteiger partial charge in [0.25, 0.3) is 0 Å². The van der Waals surface area contributed by atoms with Gasteiger partial charge in [-0.1, -0.05) is 6.92 Å². The first-order chi connectivity index (χ1) is 5.59. The van der Waals surface area contributed by atoms with Crippen LogP contribution in [0.2, 0.25) is 0 Å². The zero-order valence-electron chi connectivity index (χ0n) is 7.19. The van der Waals surface area contributed by atoms with Crippen LogP contribution in [0.25, 0.3) is 0 Å². The lowest BCUT2D eigenvalue weighted by molar-refractivity contribution is -0.141. The monoisotopic (exact) mass is 168 g/mol. The van der Waals surface area contributed by atoms with Crippen molar-refractivity contribution >= 4 is 5.97 Å². The van der Waals surface area contributed by atoms with Crippen molar-refractivity contribution < 1.29 is 9.90 Å². The van der Waals surface area contributed by atoms with E-state index in [1.807, 2.05) is 13.2 Å². The molecular weight excluding hydrogens is 156 g/mol. The molecule has 1 heterocycles. The summed E-state index contributed by atoms with van der Waals surface area (Å²) in [4.78, 5) is 10.5. The number of aryl methyl sites for hydroxylation is 1. The zero-order valence-corrected chi connectivity index (χ0v) is 7.19. The molecule has 0 saturated heterocycles. The average molecular weight is 168 g/mol. The molecular formula is C8H12N2O2. The molecule has 0 saturated carbocycles. The number of nitrogens with zero attached hydrogens (tertiary/aromatic N) is 2. The van der Waals surface area contributed by atoms with E-state index in [4.69, 9.17) is 5.11 Å². The van der Waals surface area contributed by atoms with E-state index in [2.05, 4.69) is 5.10 Å². The molecule has 1 aromatic rings. The molecule has 0 amide bonds. The van der Waals surface area contributed by atoms with Crippen LogP contribution in [0.15, 0.2) is 12.4 Å². The quantitative estimate of drug-likeness (QED) is 0.722. The Balaban J connectivity index is 2.58. The number of aliphatic carboxylic acids is 1. The highest BCUT2D eigenvalue weighted by atomic mass is 16.4. The van der Waals surface area contributed by atoms with E-state index in [1.165, 1.54) is 0 Å². The van der Waals surface area contributed by atoms with Gasteiger partial charge in [0.15, 0.2) is 0 Å². The Morgan fingerprint density at radius 1 is 1.83 bits per heavy atom. The average Bonchev–Trinajstić information content (AvgIpc) is 2.35. The maximum atomic E-state index is 10.5. The number of hydrogen-bond donors (Lipinski definition) is 1. The molecule has 0 aliphatic carbocycles. The highest BCUT2D eigenvalue weighted by molar-refractivity contribution is 5.69. The van der Waals surface area contributed by atoms with E-state index < -0.39 is 5.97 Å². The first-order valence-electron chi connectivity index (χ1n) is 3.80. The summed E-state index contributed by atoms with van der Waals surface area (Å²) in [7, 11) is 1.81. The molecule has 1 rings (SSSR count). The lowest BCUT2D eigenvalue weighted by Gasteiger charge is -2.01. The Morgan fingerprint density at radius 3 is 2.92 bits per heavy atom. The summed E-state index contributed by atoms with van der Waals surface area (Å²) in [5.41, 5.74) is 0.965. The van der Waals surface area contributed by atoms with Gasteiger partial charge in [0, 0.05) is 13.2 Å². The minimum Gasteiger partial charge on any atom is -0.481 e. The molecule has 4 heteroatoms. The second-order valence-corrected chi connectivity index (χ2v) is 2.97. The molecule has 66 valence electrons. The third-order valence-electron chi connectivity index (χ3n) is 1.72. The van der Waals surface area contributed by atoms with Gasteiger partial charge in [-0.2, -0.15) is 5.10 Å². The van der Waals surface area contributed by atoms with Gasteiger partial charge in [-0.3, -0.25) is 9.48 Å². The Labute approximate surface area is 70.8 Å². The highest BCUT2D eigenvalue weighted by Gasteiger charge is 2.11. The van der Waals surface area contributed by atoms with E-state index in [0.717, 1.165) is 5.56 Å². The standard InChI is InChI=1S/C8H12N2O2/c1-6(8(11)12)3-7-4-9-10(2)5-7/h4-6H,3H2,1-2H3,(H,11,12). The summed E-state index contributed by atoms with van der Waals surface area (Å²) in [6.45, 7) is 1.69. The Morgan fingerprint density at radius 2 is 2.50 bits per heavy atom. The minimum absolute atomic E-state index is 0.339. The molecule has 0 aromatic carbocycles. The fourth-order valence-corrected chi connectivity index (χ4v) is 1.02. The minimum atomic E-state index is -0.765. The summed E-state index contributed by atoms with van der Waals surface area (Å²) in [5, 5.41) is 12.6. The van der Waals surface area contributed by atoms with E-state index in [0.29, 0.717) is 6.42 Å². The Kier molecular flexibility index (Phi) is 2.47. The topological polar surface area (TPSA) is 55.1 Å². The van der Waals surface area contributed by atoms with Gasteiger partial charge in [0.2, 0.25) is 0 Å². The van der Waals surface area contributed by atoms with Crippen molar-refractivity contribution in [1.82, 2.24) is 9.78 Å². The van der Waals surface area contributed by atoms with Crippen LogP contribution in [0.3, 0.4) is 0 Å². The van der Waals surface area contributed by atoms with Crippen molar-refractivity contribution in [2.45, 2.75) is 13.3 Å². The second-order valence-electron chi connectivity index (χ2n) is 2.97. The van der Waals surface area contributed by atoms with Crippen LogP contribution in [-0.2, 0) is 18.3 Å². The van der Waals surface area contributed by atoms with Crippen molar-refractivity contribution in [1.29, 1.82) is 0 Å². The predicted molar refractivity (Wildman–Crippen MR) is 43.7 cm³/mol. The molecule has 4 nitrogen and oxygen atoms in total. The number of aromatic nitrogens is 2. The number of rotatable bonds is 3. The lowest BCUT2D eigenvalue weighted by Crippen LogP contribution is -2.11. The molecule has 0 fully saturated rings. The maximum absolute atomic E-state index is 10.5. The van der Waals surface area contributed by atoms with Gasteiger partial charge in [-0.05, 0) is 12.0 Å². The van der Waals surface area contributed by atoms with Gasteiger partial charge in [0.05, 0.1) is 12.1 Å². The van der Waals surface area contributed by atoms with Crippen LogP contribution >= 0.6 is 0 Å². The Bertz CT molecular complexity index is 280. The molecule has 1 aromatic heterocycles. The highest BCUT2D eigenvalue weighted by Crippen LogP contribution is 2.06. The molecule has 12 heavy (non-hydrogen) atoms. The summed E-state index contributed by atoms with van der Waals surface area (Å²) in [6.07, 6.45) is 4.07. The first kappa shape index (κ1) is 8.77. The second kappa shape index (κ2) is 3.38. The van der Waals surface area contributed by atoms with Gasteiger partial charge in [0.1, 0.15) is 0 Å². The van der Waals surface area contributed by atoms with Crippen LogP contribution < -0.4 is 0 Å². The van der Waals surface area contributed by atoms with Crippen LogP contribution in [0.4, 0.5) is 0 Å². The largest absolute Gasteiger partial charge is 0.481 e. The van der Waals surface area contributed by atoms with Crippen molar-refractivity contribution in [3.8, 4) is 0 Å². The number of carboxylic acids is 1. The normalized spacial score (nSPS) is 12.8. The van der Waals surface area contributed by atoms with Crippen LogP contribution in [0.1, 0.15) is 12.5 Å². The lowest BCUT2D eigenvalue weighted by atomic mass is 10.0. The molecule has 0 bridgehead atoms. The molecule has 1 atom stereocenters. The van der Waals surface area contributed by atoms with Gasteiger partial charge < -0.3 is 5.11 Å². The first-order valence-corrected chi connectivity index (χ1v) is 3.80. The Hall–Kier alpha value is -1.32. The third kappa shape index (κ3) is 2.08. The molecule has 0 radical (unpaired) electrons. The zero-order chi connectivity index (χ0) is 9.14. The van der Waals surface area contributed by atoms with Crippen molar-refractivity contribution in [3.63, 3.8) is 0 Å². The predicted octanol–water partition coefficient (Wildman–Crippen LogP) is 0.683. The molecule has 0 aliphatic heterocycles. The SMILES string of the molecule is CC(Cc1cnn(C)c1)C(=O)O. The van der Waals surface area contributed by atoms with Gasteiger partial charge >= 0.3 is 5.97 Å². The molecule has 1 unspecified atom stereocenters. The van der Waals surface area contributed by atoms with E-state index in [9.17, 15) is 4.79 Å². The summed E-state index contributed by atoms with van der Waals surface area (Å²) in [6, 6.07) is 0. The van der Waals surface area contributed by atoms with Crippen molar-refractivity contribution in [2.75, 3.05) is 0 Å². The summed E-state index contributed by atoms with van der Waals surface area (Å²) in [5.74, 6) is -1.10. The molecule has 0 spiro atoms. The van der Waals surface area contributed by atoms with E-state index in [-0.39, 0.29) is 5.92 Å². The summed E-state index contributed by atoms with van der Waals surface area (Å²) < 4.78 is 1.67. The maximum Gasteiger partial charge on any atom is 0.306 e. The van der Waals surface area contributed by atoms with Crippen molar-refractivity contribution in [2.24, 2.45) is 13.0 Å². The van der Waals surface area contributed by atoms with Crippen LogP contribution in [0, 0.1) is 5.92 Å². The summed E-state index contributed by atoms with van der Waals surface area (Å²) >= 11 is 0. The van der Waals surface area contributed by atoms with Gasteiger partial charge in [-0.15, -0.1) is 0 Å². The smallest absolute Gasteiger partial charge is 0.306 e. The molecule has 1 N–H and O–H groups in total. The van der Waals surface area contributed by atoms with Crippen molar-refractivity contribution in [3.05, 3.63) is 18.0 Å². The molecule has 0 aliphatic rings. The fraction of sp³-hybridized carbons (Fsp3) is 0.500. The third-order valence-corrected chi connectivity index (χ3v) is 1.72. The number of hydrogen-bond acceptors (Lipinski definition) is 2.